The van der Waals surface area contributed by atoms with Crippen molar-refractivity contribution in [2.45, 2.75) is 32.5 Å². The van der Waals surface area contributed by atoms with Gasteiger partial charge in [0.2, 0.25) is 0 Å². The Morgan fingerprint density at radius 1 is 1.21 bits per heavy atom. The first-order valence-electron chi connectivity index (χ1n) is 6.98. The molecule has 1 aliphatic rings. The average Bonchev–Trinajstić information content (AvgIpc) is 2.44. The van der Waals surface area contributed by atoms with Gasteiger partial charge >= 0.3 is 6.18 Å². The maximum Gasteiger partial charge on any atom is 0.422 e. The van der Waals surface area contributed by atoms with Gasteiger partial charge in [-0.2, -0.15) is 18.3 Å². The third-order valence-electron chi connectivity index (χ3n) is 2.66. The second-order valence-corrected chi connectivity index (χ2v) is 6.94. The molecule has 0 aromatic heterocycles. The number of nitrogens with one attached hydrogen (secondary N) is 1. The van der Waals surface area contributed by atoms with Crippen molar-refractivity contribution in [1.29, 1.82) is 0 Å². The van der Waals surface area contributed by atoms with Crippen LogP contribution in [0.5, 0.6) is 5.75 Å². The summed E-state index contributed by atoms with van der Waals surface area (Å²) in [6.07, 6.45) is -4.34. The molecule has 0 atom stereocenters. The van der Waals surface area contributed by atoms with Gasteiger partial charge in [0.1, 0.15) is 5.75 Å². The van der Waals surface area contributed by atoms with E-state index < -0.39 is 12.8 Å². The van der Waals surface area contributed by atoms with E-state index in [-0.39, 0.29) is 23.7 Å². The normalized spacial score (nSPS) is 16.9. The molecule has 0 aliphatic carbocycles. The molecule has 0 amide bonds. The summed E-state index contributed by atoms with van der Waals surface area (Å²) in [5.41, 5.74) is 4.37. The second-order valence-electron chi connectivity index (χ2n) is 5.97. The second kappa shape index (κ2) is 8.11. The zero-order valence-electron chi connectivity index (χ0n) is 13.5. The molecule has 0 saturated carbocycles. The largest absolute Gasteiger partial charge is 0.484 e. The van der Waals surface area contributed by atoms with Crippen molar-refractivity contribution in [3.05, 3.63) is 29.8 Å². The zero-order valence-corrected chi connectivity index (χ0v) is 15.1. The maximum atomic E-state index is 12.1. The molecule has 0 bridgehead atoms. The van der Waals surface area contributed by atoms with Crippen LogP contribution in [0.4, 0.5) is 13.2 Å². The van der Waals surface area contributed by atoms with E-state index in [1.54, 1.807) is 12.1 Å². The van der Waals surface area contributed by atoms with Crippen molar-refractivity contribution in [3.8, 4) is 5.75 Å². The Morgan fingerprint density at radius 2 is 1.83 bits per heavy atom. The third kappa shape index (κ3) is 7.00. The number of halogens is 4. The first kappa shape index (κ1) is 20.6. The van der Waals surface area contributed by atoms with E-state index in [1.165, 1.54) is 23.9 Å². The van der Waals surface area contributed by atoms with Crippen LogP contribution in [0.15, 0.2) is 34.4 Å². The number of amidine groups is 1. The van der Waals surface area contributed by atoms with Gasteiger partial charge in [-0.15, -0.1) is 12.4 Å². The quantitative estimate of drug-likeness (QED) is 0.851. The lowest BCUT2D eigenvalue weighted by atomic mass is 10.1. The fraction of sp³-hybridized carbons (Fsp3) is 0.467. The molecule has 0 spiro atoms. The Balaban J connectivity index is 0.00000288. The molecule has 134 valence electrons. The molecule has 0 radical (unpaired) electrons. The summed E-state index contributed by atoms with van der Waals surface area (Å²) in [6.45, 7) is 4.71. The summed E-state index contributed by atoms with van der Waals surface area (Å²) >= 11 is 1.54. The summed E-state index contributed by atoms with van der Waals surface area (Å²) in [6, 6.07) is 6.40. The van der Waals surface area contributed by atoms with Gasteiger partial charge in [0.15, 0.2) is 11.8 Å². The lowest BCUT2D eigenvalue weighted by molar-refractivity contribution is -0.153. The van der Waals surface area contributed by atoms with Crippen LogP contribution in [0.3, 0.4) is 0 Å². The number of hydrazone groups is 1. The summed E-state index contributed by atoms with van der Waals surface area (Å²) in [7, 11) is 0. The van der Waals surface area contributed by atoms with Gasteiger partial charge in [-0.1, -0.05) is 11.8 Å². The highest BCUT2D eigenvalue weighted by molar-refractivity contribution is 8.14. The molecule has 1 heterocycles. The number of hydrogen-bond acceptors (Lipinski definition) is 4. The molecule has 4 nitrogen and oxygen atoms in total. The standard InChI is InChI=1S/C15H18F3N3OS.ClH/c1-14(2,3)19-13-21-20-12(8-23-13)10-4-6-11(7-5-10)22-9-15(16,17)18;/h4-7H,8-9H2,1-3H3,(H,19,21);1H. The van der Waals surface area contributed by atoms with Crippen molar-refractivity contribution in [2.75, 3.05) is 12.4 Å². The fourth-order valence-electron chi connectivity index (χ4n) is 1.74. The van der Waals surface area contributed by atoms with E-state index in [1.807, 2.05) is 20.8 Å². The highest BCUT2D eigenvalue weighted by Gasteiger charge is 2.28. The summed E-state index contributed by atoms with van der Waals surface area (Å²) in [4.78, 5) is 4.49. The molecular weight excluding hydrogens is 363 g/mol. The molecule has 0 fully saturated rings. The van der Waals surface area contributed by atoms with Crippen LogP contribution in [0.2, 0.25) is 0 Å². The first-order valence-corrected chi connectivity index (χ1v) is 7.96. The molecule has 0 unspecified atom stereocenters. The zero-order chi connectivity index (χ0) is 17.1. The summed E-state index contributed by atoms with van der Waals surface area (Å²) in [5.74, 6) is 0.822. The van der Waals surface area contributed by atoms with Crippen molar-refractivity contribution in [2.24, 2.45) is 10.1 Å². The van der Waals surface area contributed by atoms with E-state index in [0.717, 1.165) is 16.4 Å². The summed E-state index contributed by atoms with van der Waals surface area (Å²) < 4.78 is 41.0. The highest BCUT2D eigenvalue weighted by atomic mass is 35.5. The van der Waals surface area contributed by atoms with Gasteiger partial charge in [0.25, 0.3) is 0 Å². The van der Waals surface area contributed by atoms with Crippen LogP contribution in [0, 0.1) is 0 Å². The summed E-state index contributed by atoms with van der Waals surface area (Å²) in [5, 5.41) is 5.03. The third-order valence-corrected chi connectivity index (χ3v) is 3.53. The van der Waals surface area contributed by atoms with Crippen molar-refractivity contribution < 1.29 is 17.9 Å². The topological polar surface area (TPSA) is 46.0 Å². The van der Waals surface area contributed by atoms with E-state index in [2.05, 4.69) is 20.3 Å². The first-order chi connectivity index (χ1) is 10.6. The van der Waals surface area contributed by atoms with Crippen LogP contribution in [-0.4, -0.2) is 35.0 Å². The monoisotopic (exact) mass is 381 g/mol. The molecule has 24 heavy (non-hydrogen) atoms. The van der Waals surface area contributed by atoms with Gasteiger partial charge in [-0.3, -0.25) is 10.4 Å². The maximum absolute atomic E-state index is 12.1. The molecule has 1 aliphatic heterocycles. The number of alkyl halides is 3. The predicted molar refractivity (Wildman–Crippen MR) is 94.6 cm³/mol. The smallest absolute Gasteiger partial charge is 0.422 e. The Bertz CT molecular complexity index is 610. The fourth-order valence-corrected chi connectivity index (χ4v) is 2.69. The van der Waals surface area contributed by atoms with Gasteiger partial charge in [0.05, 0.1) is 11.3 Å². The number of benzene rings is 1. The number of aliphatic imine (C=N–C) groups is 1. The van der Waals surface area contributed by atoms with E-state index in [9.17, 15) is 13.2 Å². The number of hydrogen-bond donors (Lipinski definition) is 1. The Labute approximate surface area is 149 Å². The lowest BCUT2D eigenvalue weighted by Crippen LogP contribution is -2.28. The van der Waals surface area contributed by atoms with Gasteiger partial charge in [-0.25, -0.2) is 0 Å². The van der Waals surface area contributed by atoms with Crippen LogP contribution < -0.4 is 10.2 Å². The lowest BCUT2D eigenvalue weighted by Gasteiger charge is -2.19. The van der Waals surface area contributed by atoms with Crippen molar-refractivity contribution in [1.82, 2.24) is 5.43 Å². The van der Waals surface area contributed by atoms with Gasteiger partial charge in [-0.05, 0) is 50.6 Å². The molecule has 1 aromatic rings. The SMILES string of the molecule is CC(C)(C)N=C1NN=C(c2ccc(OCC(F)(F)F)cc2)CS1.Cl. The van der Waals surface area contributed by atoms with Crippen molar-refractivity contribution in [3.63, 3.8) is 0 Å². The molecule has 1 aromatic carbocycles. The molecule has 2 rings (SSSR count). The number of ether oxygens (including phenoxy) is 1. The van der Waals surface area contributed by atoms with E-state index in [0.29, 0.717) is 5.75 Å². The Morgan fingerprint density at radius 3 is 2.29 bits per heavy atom. The Kier molecular flexibility index (Phi) is 6.97. The minimum Gasteiger partial charge on any atom is -0.484 e. The molecular formula is C15H19ClF3N3OS. The number of nitrogens with zero attached hydrogens (tertiary/aromatic N) is 2. The van der Waals surface area contributed by atoms with E-state index >= 15 is 0 Å². The average molecular weight is 382 g/mol. The van der Waals surface area contributed by atoms with Crippen LogP contribution >= 0.6 is 24.2 Å². The van der Waals surface area contributed by atoms with Gasteiger partial charge < -0.3 is 4.74 Å². The number of thioether (sulfide) groups is 1. The van der Waals surface area contributed by atoms with Crippen LogP contribution in [0.1, 0.15) is 26.3 Å². The van der Waals surface area contributed by atoms with Crippen molar-refractivity contribution >= 4 is 35.0 Å². The molecule has 9 heteroatoms. The molecule has 1 N–H and O–H groups in total. The predicted octanol–water partition coefficient (Wildman–Crippen LogP) is 4.24. The van der Waals surface area contributed by atoms with Crippen LogP contribution in [-0.2, 0) is 0 Å². The minimum atomic E-state index is -4.34. The highest BCUT2D eigenvalue weighted by Crippen LogP contribution is 2.21. The molecule has 0 saturated heterocycles. The Hall–Kier alpha value is -1.41. The van der Waals surface area contributed by atoms with Crippen LogP contribution in [0.25, 0.3) is 0 Å². The van der Waals surface area contributed by atoms with E-state index in [4.69, 9.17) is 0 Å². The van der Waals surface area contributed by atoms with Gasteiger partial charge in [0, 0.05) is 5.75 Å². The minimum absolute atomic E-state index is 0. The number of rotatable bonds is 3.